The summed E-state index contributed by atoms with van der Waals surface area (Å²) in [5.74, 6) is -0.103. The van der Waals surface area contributed by atoms with Gasteiger partial charge in [0.15, 0.2) is 0 Å². The number of carbonyl (C=O) groups excluding carboxylic acids is 1. The third-order valence-corrected chi connectivity index (χ3v) is 7.90. The first-order valence-electron chi connectivity index (χ1n) is 11.6. The zero-order valence-electron chi connectivity index (χ0n) is 19.4. The van der Waals surface area contributed by atoms with E-state index in [1.165, 1.54) is 28.8 Å². The first kappa shape index (κ1) is 24.3. The van der Waals surface area contributed by atoms with Crippen LogP contribution in [0.5, 0.6) is 0 Å². The zero-order chi connectivity index (χ0) is 22.4. The van der Waals surface area contributed by atoms with Gasteiger partial charge in [0.2, 0.25) is 0 Å². The molecule has 0 amide bonds. The molecule has 0 spiro atoms. The number of nitrogens with zero attached hydrogens (tertiary/aromatic N) is 1. The van der Waals surface area contributed by atoms with Gasteiger partial charge >= 0.3 is 5.97 Å². The SMILES string of the molecule is CCCc1cc2c(s1)CCN(C(CCCC(C)(C)C(=O)OCC)c1ccccc1Cl)C2. The molecule has 170 valence electrons. The van der Waals surface area contributed by atoms with Gasteiger partial charge in [-0.2, -0.15) is 0 Å². The Morgan fingerprint density at radius 2 is 2.06 bits per heavy atom. The predicted molar refractivity (Wildman–Crippen MR) is 131 cm³/mol. The van der Waals surface area contributed by atoms with Gasteiger partial charge in [-0.25, -0.2) is 0 Å². The van der Waals surface area contributed by atoms with Crippen LogP contribution in [0.1, 0.15) is 80.3 Å². The highest BCUT2D eigenvalue weighted by atomic mass is 35.5. The molecule has 0 fully saturated rings. The molecule has 1 unspecified atom stereocenters. The normalized spacial score (nSPS) is 15.5. The van der Waals surface area contributed by atoms with E-state index in [2.05, 4.69) is 30.0 Å². The van der Waals surface area contributed by atoms with E-state index in [0.29, 0.717) is 6.61 Å². The summed E-state index contributed by atoms with van der Waals surface area (Å²) in [6, 6.07) is 10.9. The van der Waals surface area contributed by atoms with E-state index in [-0.39, 0.29) is 12.0 Å². The summed E-state index contributed by atoms with van der Waals surface area (Å²) < 4.78 is 5.28. The van der Waals surface area contributed by atoms with Crippen molar-refractivity contribution in [3.05, 3.63) is 56.2 Å². The number of esters is 1. The molecule has 0 aliphatic carbocycles. The van der Waals surface area contributed by atoms with Crippen molar-refractivity contribution in [2.75, 3.05) is 13.2 Å². The van der Waals surface area contributed by atoms with Crippen LogP contribution in [-0.4, -0.2) is 24.0 Å². The summed E-state index contributed by atoms with van der Waals surface area (Å²) >= 11 is 8.64. The van der Waals surface area contributed by atoms with Gasteiger partial charge in [-0.1, -0.05) is 49.6 Å². The van der Waals surface area contributed by atoms with E-state index >= 15 is 0 Å². The van der Waals surface area contributed by atoms with Crippen LogP contribution in [0.3, 0.4) is 0 Å². The van der Waals surface area contributed by atoms with Crippen molar-refractivity contribution in [1.29, 1.82) is 0 Å². The van der Waals surface area contributed by atoms with E-state index in [1.54, 1.807) is 4.88 Å². The molecule has 0 bridgehead atoms. The molecular formula is C26H36ClNO2S. The van der Waals surface area contributed by atoms with E-state index < -0.39 is 5.41 Å². The second-order valence-electron chi connectivity index (χ2n) is 9.17. The summed E-state index contributed by atoms with van der Waals surface area (Å²) in [7, 11) is 0. The van der Waals surface area contributed by atoms with Crippen LogP contribution in [-0.2, 0) is 28.9 Å². The fourth-order valence-electron chi connectivity index (χ4n) is 4.50. The number of hydrogen-bond donors (Lipinski definition) is 0. The number of benzene rings is 1. The van der Waals surface area contributed by atoms with Crippen LogP contribution in [0.25, 0.3) is 0 Å². The summed E-state index contributed by atoms with van der Waals surface area (Å²) in [5.41, 5.74) is 2.23. The lowest BCUT2D eigenvalue weighted by Crippen LogP contribution is -2.34. The molecule has 0 saturated carbocycles. The van der Waals surface area contributed by atoms with Crippen molar-refractivity contribution in [2.45, 2.75) is 78.8 Å². The van der Waals surface area contributed by atoms with Crippen molar-refractivity contribution in [3.63, 3.8) is 0 Å². The van der Waals surface area contributed by atoms with Crippen molar-refractivity contribution in [3.8, 4) is 0 Å². The number of ether oxygens (including phenoxy) is 1. The minimum Gasteiger partial charge on any atom is -0.466 e. The third-order valence-electron chi connectivity index (χ3n) is 6.26. The third kappa shape index (κ3) is 6.12. The Hall–Kier alpha value is -1.36. The Kier molecular flexibility index (Phi) is 8.60. The van der Waals surface area contributed by atoms with E-state index in [4.69, 9.17) is 16.3 Å². The quantitative estimate of drug-likeness (QED) is 0.350. The average molecular weight is 462 g/mol. The van der Waals surface area contributed by atoms with Crippen LogP contribution < -0.4 is 0 Å². The van der Waals surface area contributed by atoms with Gasteiger partial charge in [0.05, 0.1) is 12.0 Å². The lowest BCUT2D eigenvalue weighted by atomic mass is 9.85. The minimum atomic E-state index is -0.460. The van der Waals surface area contributed by atoms with Gasteiger partial charge in [-0.05, 0) is 69.7 Å². The van der Waals surface area contributed by atoms with Gasteiger partial charge in [-0.3, -0.25) is 9.69 Å². The first-order chi connectivity index (χ1) is 14.9. The summed E-state index contributed by atoms with van der Waals surface area (Å²) in [6.07, 6.45) is 6.23. The van der Waals surface area contributed by atoms with E-state index in [1.807, 2.05) is 44.2 Å². The number of carbonyl (C=O) groups is 1. The molecule has 3 nitrogen and oxygen atoms in total. The topological polar surface area (TPSA) is 29.5 Å². The number of hydrogen-bond acceptors (Lipinski definition) is 4. The standard InChI is InChI=1S/C26H36ClNO2S/c1-5-10-20-17-19-18-28(16-14-24(19)31-20)23(21-11-7-8-12-22(21)27)13-9-15-26(3,4)25(29)30-6-2/h7-8,11-12,17,23H,5-6,9-10,13-16,18H2,1-4H3. The molecule has 31 heavy (non-hydrogen) atoms. The summed E-state index contributed by atoms with van der Waals surface area (Å²) in [4.78, 5) is 18.0. The van der Waals surface area contributed by atoms with Crippen molar-refractivity contribution in [2.24, 2.45) is 5.41 Å². The Labute approximate surface area is 196 Å². The van der Waals surface area contributed by atoms with Crippen molar-refractivity contribution in [1.82, 2.24) is 4.90 Å². The monoisotopic (exact) mass is 461 g/mol. The minimum absolute atomic E-state index is 0.103. The second-order valence-corrected chi connectivity index (χ2v) is 10.8. The highest BCUT2D eigenvalue weighted by Crippen LogP contribution is 2.38. The van der Waals surface area contributed by atoms with E-state index in [0.717, 1.165) is 43.8 Å². The summed E-state index contributed by atoms with van der Waals surface area (Å²) in [6.45, 7) is 10.6. The fourth-order valence-corrected chi connectivity index (χ4v) is 6.03. The maximum absolute atomic E-state index is 12.3. The number of fused-ring (bicyclic) bond motifs is 1. The number of aryl methyl sites for hydroxylation is 1. The van der Waals surface area contributed by atoms with Crippen LogP contribution in [0.2, 0.25) is 5.02 Å². The highest BCUT2D eigenvalue weighted by Gasteiger charge is 2.31. The lowest BCUT2D eigenvalue weighted by molar-refractivity contribution is -0.153. The molecule has 1 aliphatic rings. The van der Waals surface area contributed by atoms with Crippen LogP contribution >= 0.6 is 22.9 Å². The van der Waals surface area contributed by atoms with Gasteiger partial charge < -0.3 is 4.74 Å². The van der Waals surface area contributed by atoms with Gasteiger partial charge in [0.25, 0.3) is 0 Å². The van der Waals surface area contributed by atoms with Gasteiger partial charge in [0.1, 0.15) is 0 Å². The van der Waals surface area contributed by atoms with Crippen molar-refractivity contribution < 1.29 is 9.53 Å². The molecule has 0 N–H and O–H groups in total. The maximum Gasteiger partial charge on any atom is 0.311 e. The lowest BCUT2D eigenvalue weighted by Gasteiger charge is -2.36. The molecular weight excluding hydrogens is 426 g/mol. The Balaban J connectivity index is 1.75. The highest BCUT2D eigenvalue weighted by molar-refractivity contribution is 7.12. The smallest absolute Gasteiger partial charge is 0.311 e. The Morgan fingerprint density at radius 1 is 1.29 bits per heavy atom. The largest absolute Gasteiger partial charge is 0.466 e. The zero-order valence-corrected chi connectivity index (χ0v) is 21.0. The molecule has 5 heteroatoms. The maximum atomic E-state index is 12.3. The molecule has 1 aliphatic heterocycles. The molecule has 1 aromatic carbocycles. The molecule has 2 heterocycles. The van der Waals surface area contributed by atoms with Gasteiger partial charge in [0, 0.05) is 33.9 Å². The first-order valence-corrected chi connectivity index (χ1v) is 12.8. The van der Waals surface area contributed by atoms with E-state index in [9.17, 15) is 4.79 Å². The second kappa shape index (κ2) is 11.0. The molecule has 1 aromatic heterocycles. The predicted octanol–water partition coefficient (Wildman–Crippen LogP) is 7.21. The number of rotatable bonds is 10. The Morgan fingerprint density at radius 3 is 2.77 bits per heavy atom. The Bertz CT molecular complexity index is 876. The average Bonchev–Trinajstić information content (AvgIpc) is 3.14. The van der Waals surface area contributed by atoms with Crippen LogP contribution in [0.15, 0.2) is 30.3 Å². The van der Waals surface area contributed by atoms with Crippen LogP contribution in [0, 0.1) is 5.41 Å². The summed E-state index contributed by atoms with van der Waals surface area (Å²) in [5, 5.41) is 0.833. The van der Waals surface area contributed by atoms with Gasteiger partial charge in [-0.15, -0.1) is 11.3 Å². The number of thiophene rings is 1. The molecule has 0 saturated heterocycles. The molecule has 2 aromatic rings. The van der Waals surface area contributed by atoms with Crippen LogP contribution in [0.4, 0.5) is 0 Å². The fraction of sp³-hybridized carbons (Fsp3) is 0.577. The molecule has 0 radical (unpaired) electrons. The van der Waals surface area contributed by atoms with Crippen molar-refractivity contribution >= 4 is 28.9 Å². The molecule has 3 rings (SSSR count). The number of halogens is 1. The molecule has 1 atom stereocenters.